The first-order valence-corrected chi connectivity index (χ1v) is 4.99. The molecule has 0 heteroatoms. The van der Waals surface area contributed by atoms with Crippen LogP contribution in [0.25, 0.3) is 0 Å². The Morgan fingerprint density at radius 2 is 2.00 bits per heavy atom. The fourth-order valence-corrected chi connectivity index (χ4v) is 1.82. The molecular formula is C12H16. The lowest BCUT2D eigenvalue weighted by molar-refractivity contribution is 0.897. The Morgan fingerprint density at radius 3 is 2.67 bits per heavy atom. The molecule has 1 saturated carbocycles. The molecular weight excluding hydrogens is 144 g/mol. The van der Waals surface area contributed by atoms with Crippen LogP contribution >= 0.6 is 0 Å². The van der Waals surface area contributed by atoms with Gasteiger partial charge in [0.05, 0.1) is 0 Å². The first-order chi connectivity index (χ1) is 5.92. The van der Waals surface area contributed by atoms with Gasteiger partial charge in [-0.05, 0) is 36.3 Å². The molecule has 1 aromatic carbocycles. The van der Waals surface area contributed by atoms with Gasteiger partial charge >= 0.3 is 0 Å². The van der Waals surface area contributed by atoms with Gasteiger partial charge in [-0.1, -0.05) is 37.6 Å². The molecule has 0 aliphatic heterocycles. The number of benzene rings is 1. The van der Waals surface area contributed by atoms with E-state index >= 15 is 0 Å². The van der Waals surface area contributed by atoms with Crippen LogP contribution < -0.4 is 0 Å². The van der Waals surface area contributed by atoms with Crippen LogP contribution in [0.1, 0.15) is 43.2 Å². The van der Waals surface area contributed by atoms with E-state index in [9.17, 15) is 0 Å². The van der Waals surface area contributed by atoms with Crippen LogP contribution in [0.5, 0.6) is 0 Å². The molecule has 0 radical (unpaired) electrons. The maximum atomic E-state index is 2.31. The zero-order valence-electron chi connectivity index (χ0n) is 7.72. The molecule has 0 saturated heterocycles. The van der Waals surface area contributed by atoms with E-state index in [4.69, 9.17) is 0 Å². The largest absolute Gasteiger partial charge is 0.0651 e. The van der Waals surface area contributed by atoms with E-state index in [1.165, 1.54) is 25.7 Å². The average molecular weight is 160 g/mol. The highest BCUT2D eigenvalue weighted by molar-refractivity contribution is 5.33. The Kier molecular flexibility index (Phi) is 2.16. The van der Waals surface area contributed by atoms with Gasteiger partial charge in [0.2, 0.25) is 0 Å². The number of hydrogen-bond acceptors (Lipinski definition) is 0. The van der Waals surface area contributed by atoms with Crippen LogP contribution in [-0.4, -0.2) is 0 Å². The molecule has 0 atom stereocenters. The van der Waals surface area contributed by atoms with Crippen LogP contribution in [0.4, 0.5) is 0 Å². The summed E-state index contributed by atoms with van der Waals surface area (Å²) in [5, 5.41) is 0. The van der Waals surface area contributed by atoms with Crippen LogP contribution in [0.2, 0.25) is 0 Å². The number of hydrogen-bond donors (Lipinski definition) is 0. The first kappa shape index (κ1) is 7.85. The van der Waals surface area contributed by atoms with Crippen LogP contribution in [-0.2, 0) is 6.42 Å². The van der Waals surface area contributed by atoms with Gasteiger partial charge in [-0.3, -0.25) is 0 Å². The van der Waals surface area contributed by atoms with Crippen molar-refractivity contribution in [3.05, 3.63) is 35.4 Å². The summed E-state index contributed by atoms with van der Waals surface area (Å²) in [6, 6.07) is 8.93. The van der Waals surface area contributed by atoms with Crippen molar-refractivity contribution in [2.24, 2.45) is 0 Å². The zero-order chi connectivity index (χ0) is 8.39. The molecule has 1 aliphatic rings. The Hall–Kier alpha value is -0.780. The molecule has 0 spiro atoms. The predicted octanol–water partition coefficient (Wildman–Crippen LogP) is 3.52. The Labute approximate surface area is 74.6 Å². The third kappa shape index (κ3) is 1.52. The van der Waals surface area contributed by atoms with E-state index in [0.717, 1.165) is 5.92 Å². The first-order valence-electron chi connectivity index (χ1n) is 4.99. The third-order valence-corrected chi connectivity index (χ3v) is 2.59. The maximum Gasteiger partial charge on any atom is -0.0159 e. The summed E-state index contributed by atoms with van der Waals surface area (Å²) in [5.41, 5.74) is 3.21. The van der Waals surface area contributed by atoms with Gasteiger partial charge in [-0.2, -0.15) is 0 Å². The van der Waals surface area contributed by atoms with E-state index in [0.29, 0.717) is 0 Å². The van der Waals surface area contributed by atoms with E-state index in [1.807, 2.05) is 0 Å². The topological polar surface area (TPSA) is 0 Å². The minimum absolute atomic E-state index is 0.910. The van der Waals surface area contributed by atoms with Crippen molar-refractivity contribution in [2.45, 2.75) is 38.5 Å². The van der Waals surface area contributed by atoms with E-state index < -0.39 is 0 Å². The maximum absolute atomic E-state index is 2.31. The fraction of sp³-hybridized carbons (Fsp3) is 0.500. The molecule has 1 aliphatic carbocycles. The van der Waals surface area contributed by atoms with Crippen molar-refractivity contribution in [3.63, 3.8) is 0 Å². The highest BCUT2D eigenvalue weighted by atomic mass is 14.3. The number of aryl methyl sites for hydroxylation is 1. The van der Waals surface area contributed by atoms with Gasteiger partial charge in [0.15, 0.2) is 0 Å². The van der Waals surface area contributed by atoms with E-state index in [-0.39, 0.29) is 0 Å². The quantitative estimate of drug-likeness (QED) is 0.634. The molecule has 2 rings (SSSR count). The summed E-state index contributed by atoms with van der Waals surface area (Å²) in [6.07, 6.45) is 5.36. The molecule has 0 amide bonds. The van der Waals surface area contributed by atoms with Crippen LogP contribution in [0.3, 0.4) is 0 Å². The summed E-state index contributed by atoms with van der Waals surface area (Å²) < 4.78 is 0. The summed E-state index contributed by atoms with van der Waals surface area (Å²) in [7, 11) is 0. The smallest absolute Gasteiger partial charge is 0.0159 e. The van der Waals surface area contributed by atoms with Crippen molar-refractivity contribution >= 4 is 0 Å². The fourth-order valence-electron chi connectivity index (χ4n) is 1.82. The van der Waals surface area contributed by atoms with Gasteiger partial charge in [0, 0.05) is 0 Å². The lowest BCUT2D eigenvalue weighted by Crippen LogP contribution is -1.90. The lowest BCUT2D eigenvalue weighted by Gasteiger charge is -2.05. The summed E-state index contributed by atoms with van der Waals surface area (Å²) >= 11 is 0. The summed E-state index contributed by atoms with van der Waals surface area (Å²) in [6.45, 7) is 2.25. The Balaban J connectivity index is 2.24. The van der Waals surface area contributed by atoms with Crippen molar-refractivity contribution in [1.82, 2.24) is 0 Å². The van der Waals surface area contributed by atoms with Crippen LogP contribution in [0, 0.1) is 0 Å². The predicted molar refractivity (Wildman–Crippen MR) is 52.4 cm³/mol. The van der Waals surface area contributed by atoms with Gasteiger partial charge in [-0.15, -0.1) is 0 Å². The van der Waals surface area contributed by atoms with Crippen molar-refractivity contribution < 1.29 is 0 Å². The Morgan fingerprint density at radius 1 is 1.25 bits per heavy atom. The van der Waals surface area contributed by atoms with Gasteiger partial charge < -0.3 is 0 Å². The van der Waals surface area contributed by atoms with Gasteiger partial charge in [0.25, 0.3) is 0 Å². The zero-order valence-corrected chi connectivity index (χ0v) is 7.72. The molecule has 0 bridgehead atoms. The minimum Gasteiger partial charge on any atom is -0.0651 e. The van der Waals surface area contributed by atoms with Crippen molar-refractivity contribution in [2.75, 3.05) is 0 Å². The summed E-state index contributed by atoms with van der Waals surface area (Å²) in [4.78, 5) is 0. The second-order valence-electron chi connectivity index (χ2n) is 3.72. The monoisotopic (exact) mass is 160 g/mol. The molecule has 1 aromatic rings. The molecule has 0 N–H and O–H groups in total. The normalized spacial score (nSPS) is 16.4. The minimum atomic E-state index is 0.910. The Bertz CT molecular complexity index is 258. The number of rotatable bonds is 3. The second kappa shape index (κ2) is 3.30. The molecule has 12 heavy (non-hydrogen) atoms. The van der Waals surface area contributed by atoms with E-state index in [1.54, 1.807) is 11.1 Å². The highest BCUT2D eigenvalue weighted by Crippen LogP contribution is 2.41. The molecule has 64 valence electrons. The van der Waals surface area contributed by atoms with Gasteiger partial charge in [0.1, 0.15) is 0 Å². The standard InChI is InChI=1S/C12H16/c1-2-5-10-6-3-4-7-12(10)11-8-9-11/h3-4,6-7,11H,2,5,8-9H2,1H3. The molecule has 0 nitrogen and oxygen atoms in total. The molecule has 0 aromatic heterocycles. The summed E-state index contributed by atoms with van der Waals surface area (Å²) in [5.74, 6) is 0.910. The average Bonchev–Trinajstić information content (AvgIpc) is 2.89. The highest BCUT2D eigenvalue weighted by Gasteiger charge is 2.24. The van der Waals surface area contributed by atoms with Crippen molar-refractivity contribution in [1.29, 1.82) is 0 Å². The van der Waals surface area contributed by atoms with Gasteiger partial charge in [-0.25, -0.2) is 0 Å². The molecule has 0 unspecified atom stereocenters. The SMILES string of the molecule is CCCc1ccccc1C1CC1. The lowest BCUT2D eigenvalue weighted by atomic mass is 10.00. The molecule has 1 fully saturated rings. The van der Waals surface area contributed by atoms with Crippen molar-refractivity contribution in [3.8, 4) is 0 Å². The third-order valence-electron chi connectivity index (χ3n) is 2.59. The molecule has 0 heterocycles. The van der Waals surface area contributed by atoms with E-state index in [2.05, 4.69) is 31.2 Å². The second-order valence-corrected chi connectivity index (χ2v) is 3.72. The van der Waals surface area contributed by atoms with Crippen LogP contribution in [0.15, 0.2) is 24.3 Å².